The van der Waals surface area contributed by atoms with Crippen molar-refractivity contribution in [3.8, 4) is 0 Å². The third kappa shape index (κ3) is 2.71. The largest absolute Gasteiger partial charge is 0.339 e. The molecular formula is C18H21FN4O. The van der Waals surface area contributed by atoms with Crippen molar-refractivity contribution >= 4 is 5.91 Å². The van der Waals surface area contributed by atoms with Crippen molar-refractivity contribution < 1.29 is 9.18 Å². The highest BCUT2D eigenvalue weighted by atomic mass is 19.1. The first-order valence-corrected chi connectivity index (χ1v) is 8.43. The number of nitrogens with one attached hydrogen (secondary N) is 1. The topological polar surface area (TPSA) is 50.2 Å². The van der Waals surface area contributed by atoms with Gasteiger partial charge in [0, 0.05) is 31.7 Å². The van der Waals surface area contributed by atoms with E-state index in [-0.39, 0.29) is 11.7 Å². The van der Waals surface area contributed by atoms with E-state index in [9.17, 15) is 9.18 Å². The van der Waals surface area contributed by atoms with Crippen molar-refractivity contribution in [1.29, 1.82) is 0 Å². The van der Waals surface area contributed by atoms with Crippen molar-refractivity contribution in [1.82, 2.24) is 20.0 Å². The van der Waals surface area contributed by atoms with Crippen LogP contribution in [0, 0.1) is 5.82 Å². The second-order valence-electron chi connectivity index (χ2n) is 6.67. The Morgan fingerprint density at radius 1 is 1.29 bits per heavy atom. The van der Waals surface area contributed by atoms with Gasteiger partial charge < -0.3 is 10.2 Å². The predicted molar refractivity (Wildman–Crippen MR) is 88.2 cm³/mol. The maximum atomic E-state index is 13.0. The highest BCUT2D eigenvalue weighted by Gasteiger charge is 2.32. The molecule has 1 aliphatic heterocycles. The van der Waals surface area contributed by atoms with Crippen molar-refractivity contribution in [2.75, 3.05) is 13.6 Å². The Bertz CT molecular complexity index is 768. The summed E-state index contributed by atoms with van der Waals surface area (Å²) in [4.78, 5) is 14.2. The van der Waals surface area contributed by atoms with Crippen LogP contribution in [0.25, 0.3) is 0 Å². The maximum Gasteiger partial charge on any atom is 0.272 e. The third-order valence-corrected chi connectivity index (χ3v) is 5.02. The molecule has 0 spiro atoms. The number of rotatable bonds is 3. The lowest BCUT2D eigenvalue weighted by molar-refractivity contribution is 0.0741. The van der Waals surface area contributed by atoms with Crippen LogP contribution in [0.2, 0.25) is 0 Å². The number of hydrogen-bond acceptors (Lipinski definition) is 3. The van der Waals surface area contributed by atoms with E-state index in [1.807, 2.05) is 11.7 Å². The number of carbonyl (C=O) groups excluding carboxylic acids is 1. The Labute approximate surface area is 140 Å². The smallest absolute Gasteiger partial charge is 0.272 e. The van der Waals surface area contributed by atoms with E-state index >= 15 is 0 Å². The molecular weight excluding hydrogens is 307 g/mol. The standard InChI is InChI=1S/C18H21FN4O/c1-22-8-9-23-17(18(22)24)15-10-14(6-7-16(15)21-23)20-11-12-2-4-13(19)5-3-12/h2-5,14,20H,6-11H2,1H3. The molecule has 1 unspecified atom stereocenters. The number of nitrogens with zero attached hydrogens (tertiary/aromatic N) is 3. The molecule has 6 heteroatoms. The number of benzene rings is 1. The molecule has 1 aromatic carbocycles. The molecule has 1 N–H and O–H groups in total. The van der Waals surface area contributed by atoms with Gasteiger partial charge in [-0.3, -0.25) is 9.48 Å². The summed E-state index contributed by atoms with van der Waals surface area (Å²) in [5.41, 5.74) is 4.02. The molecule has 0 bridgehead atoms. The number of aromatic nitrogens is 2. The molecule has 4 rings (SSSR count). The molecule has 5 nitrogen and oxygen atoms in total. The monoisotopic (exact) mass is 328 g/mol. The summed E-state index contributed by atoms with van der Waals surface area (Å²) < 4.78 is 14.9. The average molecular weight is 328 g/mol. The molecule has 126 valence electrons. The summed E-state index contributed by atoms with van der Waals surface area (Å²) in [6.07, 6.45) is 2.73. The number of aryl methyl sites for hydroxylation is 1. The Morgan fingerprint density at radius 2 is 2.08 bits per heavy atom. The molecule has 2 heterocycles. The first-order chi connectivity index (χ1) is 11.6. The lowest BCUT2D eigenvalue weighted by Crippen LogP contribution is -2.39. The zero-order valence-electron chi connectivity index (χ0n) is 13.8. The van der Waals surface area contributed by atoms with Crippen LogP contribution < -0.4 is 5.32 Å². The number of amides is 1. The molecule has 1 atom stereocenters. The van der Waals surface area contributed by atoms with Crippen molar-refractivity contribution in [3.63, 3.8) is 0 Å². The normalized spacial score (nSPS) is 20.0. The van der Waals surface area contributed by atoms with Crippen LogP contribution in [0.5, 0.6) is 0 Å². The van der Waals surface area contributed by atoms with E-state index < -0.39 is 0 Å². The van der Waals surface area contributed by atoms with Gasteiger partial charge in [0.05, 0.1) is 12.2 Å². The lowest BCUT2D eigenvalue weighted by Gasteiger charge is -2.26. The second-order valence-corrected chi connectivity index (χ2v) is 6.67. The number of carbonyl (C=O) groups is 1. The van der Waals surface area contributed by atoms with Crippen LogP contribution in [0.3, 0.4) is 0 Å². The van der Waals surface area contributed by atoms with Gasteiger partial charge >= 0.3 is 0 Å². The first kappa shape index (κ1) is 15.3. The number of halogens is 1. The van der Waals surface area contributed by atoms with Crippen LogP contribution in [-0.2, 0) is 25.9 Å². The summed E-state index contributed by atoms with van der Waals surface area (Å²) >= 11 is 0. The molecule has 0 saturated heterocycles. The zero-order valence-corrected chi connectivity index (χ0v) is 13.8. The molecule has 0 saturated carbocycles. The van der Waals surface area contributed by atoms with Gasteiger partial charge in [0.1, 0.15) is 11.5 Å². The van der Waals surface area contributed by atoms with Gasteiger partial charge in [-0.15, -0.1) is 0 Å². The molecule has 1 aromatic heterocycles. The lowest BCUT2D eigenvalue weighted by atomic mass is 9.91. The fourth-order valence-electron chi connectivity index (χ4n) is 3.59. The van der Waals surface area contributed by atoms with Crippen molar-refractivity contribution in [3.05, 3.63) is 52.6 Å². The van der Waals surface area contributed by atoms with E-state index in [0.29, 0.717) is 12.6 Å². The molecule has 0 radical (unpaired) electrons. The third-order valence-electron chi connectivity index (χ3n) is 5.02. The van der Waals surface area contributed by atoms with Crippen LogP contribution in [0.4, 0.5) is 4.39 Å². The Morgan fingerprint density at radius 3 is 2.88 bits per heavy atom. The Balaban J connectivity index is 1.48. The highest BCUT2D eigenvalue weighted by Crippen LogP contribution is 2.27. The molecule has 1 amide bonds. The first-order valence-electron chi connectivity index (χ1n) is 8.43. The minimum atomic E-state index is -0.213. The van der Waals surface area contributed by atoms with E-state index in [2.05, 4.69) is 10.4 Å². The van der Waals surface area contributed by atoms with E-state index in [1.54, 1.807) is 17.0 Å². The van der Waals surface area contributed by atoms with Crippen LogP contribution >= 0.6 is 0 Å². The van der Waals surface area contributed by atoms with Gasteiger partial charge in [-0.2, -0.15) is 5.10 Å². The molecule has 1 aliphatic carbocycles. The fourth-order valence-corrected chi connectivity index (χ4v) is 3.59. The molecule has 24 heavy (non-hydrogen) atoms. The van der Waals surface area contributed by atoms with Crippen LogP contribution in [-0.4, -0.2) is 40.2 Å². The summed E-state index contributed by atoms with van der Waals surface area (Å²) in [6.45, 7) is 2.20. The second kappa shape index (κ2) is 6.02. The van der Waals surface area contributed by atoms with Gasteiger partial charge in [-0.25, -0.2) is 4.39 Å². The van der Waals surface area contributed by atoms with Crippen LogP contribution in [0.15, 0.2) is 24.3 Å². The number of hydrogen-bond donors (Lipinski definition) is 1. The summed E-state index contributed by atoms with van der Waals surface area (Å²) in [5, 5.41) is 8.17. The minimum absolute atomic E-state index is 0.0779. The Kier molecular flexibility index (Phi) is 3.84. The van der Waals surface area contributed by atoms with Gasteiger partial charge in [-0.05, 0) is 37.0 Å². The van der Waals surface area contributed by atoms with E-state index in [4.69, 9.17) is 0 Å². The zero-order chi connectivity index (χ0) is 16.7. The van der Waals surface area contributed by atoms with Gasteiger partial charge in [0.15, 0.2) is 0 Å². The SMILES string of the molecule is CN1CCn2nc3c(c2C1=O)CC(NCc1ccc(F)cc1)CC3. The van der Waals surface area contributed by atoms with E-state index in [0.717, 1.165) is 54.9 Å². The fraction of sp³-hybridized carbons (Fsp3) is 0.444. The van der Waals surface area contributed by atoms with Crippen LogP contribution in [0.1, 0.15) is 33.7 Å². The number of likely N-dealkylation sites (N-methyl/N-ethyl adjacent to an activating group) is 1. The highest BCUT2D eigenvalue weighted by molar-refractivity contribution is 5.94. The summed E-state index contributed by atoms with van der Waals surface area (Å²) in [5.74, 6) is -0.135. The quantitative estimate of drug-likeness (QED) is 0.934. The van der Waals surface area contributed by atoms with Crippen molar-refractivity contribution in [2.45, 2.75) is 38.4 Å². The van der Waals surface area contributed by atoms with E-state index in [1.165, 1.54) is 12.1 Å². The van der Waals surface area contributed by atoms with Gasteiger partial charge in [0.2, 0.25) is 0 Å². The molecule has 0 fully saturated rings. The molecule has 2 aromatic rings. The van der Waals surface area contributed by atoms with Crippen molar-refractivity contribution in [2.24, 2.45) is 0 Å². The predicted octanol–water partition coefficient (Wildman–Crippen LogP) is 1.75. The van der Waals surface area contributed by atoms with Gasteiger partial charge in [0.25, 0.3) is 5.91 Å². The Hall–Kier alpha value is -2.21. The minimum Gasteiger partial charge on any atom is -0.339 e. The summed E-state index contributed by atoms with van der Waals surface area (Å²) in [6, 6.07) is 6.89. The molecule has 2 aliphatic rings. The average Bonchev–Trinajstić information content (AvgIpc) is 2.96. The maximum absolute atomic E-state index is 13.0. The van der Waals surface area contributed by atoms with Gasteiger partial charge in [-0.1, -0.05) is 12.1 Å². The summed E-state index contributed by atoms with van der Waals surface area (Å²) in [7, 11) is 1.85. The number of fused-ring (bicyclic) bond motifs is 3.